The number of hydrogen-bond donors (Lipinski definition) is 1. The van der Waals surface area contributed by atoms with Crippen molar-refractivity contribution in [3.8, 4) is 11.1 Å². The second-order valence-corrected chi connectivity index (χ2v) is 8.78. The molecule has 0 aliphatic rings. The van der Waals surface area contributed by atoms with Crippen LogP contribution in [0.4, 0.5) is 0 Å². The molecule has 4 aromatic rings. The number of aromatic carboxylic acids is 1. The first-order valence-corrected chi connectivity index (χ1v) is 11.4. The normalized spacial score (nSPS) is 11.7. The van der Waals surface area contributed by atoms with Crippen LogP contribution in [0, 0.1) is 13.8 Å². The molecule has 0 aliphatic heterocycles. The number of Topliss-reactive ketones (excluding diaryl/α,β-unsaturated/α-hetero) is 1. The number of pyridine rings is 1. The van der Waals surface area contributed by atoms with Crippen LogP contribution in [-0.4, -0.2) is 21.8 Å². The molecular weight excluding hydrogens is 446 g/mol. The maximum absolute atomic E-state index is 13.4. The monoisotopic (exact) mass is 469 g/mol. The molecule has 1 atom stereocenters. The number of nitrogens with zero attached hydrogens (tertiary/aromatic N) is 1. The van der Waals surface area contributed by atoms with Crippen LogP contribution in [0.3, 0.4) is 0 Å². The topological polar surface area (TPSA) is 67.3 Å². The summed E-state index contributed by atoms with van der Waals surface area (Å²) in [7, 11) is 0. The van der Waals surface area contributed by atoms with Gasteiger partial charge in [-0.3, -0.25) is 9.78 Å². The van der Waals surface area contributed by atoms with Crippen LogP contribution in [0.2, 0.25) is 5.02 Å². The number of benzene rings is 3. The van der Waals surface area contributed by atoms with Crippen molar-refractivity contribution in [1.29, 1.82) is 0 Å². The van der Waals surface area contributed by atoms with E-state index in [1.54, 1.807) is 36.5 Å². The molecule has 0 fully saturated rings. The van der Waals surface area contributed by atoms with Crippen LogP contribution in [0.5, 0.6) is 0 Å². The second kappa shape index (κ2) is 10.0. The molecule has 5 heteroatoms. The molecule has 4 nitrogen and oxygen atoms in total. The molecule has 0 amide bonds. The highest BCUT2D eigenvalue weighted by Crippen LogP contribution is 2.39. The Morgan fingerprint density at radius 2 is 1.65 bits per heavy atom. The largest absolute Gasteiger partial charge is 0.478 e. The summed E-state index contributed by atoms with van der Waals surface area (Å²) in [5.74, 6) is -1.42. The number of carboxylic acid groups (broad SMARTS) is 1. The summed E-state index contributed by atoms with van der Waals surface area (Å²) in [6.07, 6.45) is 1.81. The first kappa shape index (κ1) is 23.4. The first-order chi connectivity index (χ1) is 16.3. The van der Waals surface area contributed by atoms with Crippen LogP contribution in [0.25, 0.3) is 11.1 Å². The standard InChI is InChI=1S/C29H24ClNO3/c1-18-14-23(30)9-11-24(18)27(17-28(32)21-12-13-31-19(2)15-21)26-16-22(29(33)34)8-10-25(26)20-6-4-3-5-7-20/h3-16,27H,17H2,1-2H3,(H,33,34). The first-order valence-electron chi connectivity index (χ1n) is 11.0. The van der Waals surface area contributed by atoms with E-state index in [1.807, 2.05) is 62.4 Å². The van der Waals surface area contributed by atoms with Crippen molar-refractivity contribution in [2.24, 2.45) is 0 Å². The van der Waals surface area contributed by atoms with E-state index in [0.29, 0.717) is 10.6 Å². The molecule has 3 aromatic carbocycles. The molecule has 4 rings (SSSR count). The average Bonchev–Trinajstić information content (AvgIpc) is 2.83. The Hall–Kier alpha value is -3.76. The lowest BCUT2D eigenvalue weighted by Crippen LogP contribution is -2.13. The number of ketones is 1. The van der Waals surface area contributed by atoms with Gasteiger partial charge in [-0.1, -0.05) is 54.1 Å². The maximum Gasteiger partial charge on any atom is 0.335 e. The Bertz CT molecular complexity index is 1370. The van der Waals surface area contributed by atoms with E-state index in [1.165, 1.54) is 0 Å². The van der Waals surface area contributed by atoms with Crippen molar-refractivity contribution in [2.45, 2.75) is 26.2 Å². The van der Waals surface area contributed by atoms with Gasteiger partial charge in [0.05, 0.1) is 5.56 Å². The van der Waals surface area contributed by atoms with Gasteiger partial charge in [-0.25, -0.2) is 4.79 Å². The Labute approximate surface area is 203 Å². The van der Waals surface area contributed by atoms with Crippen LogP contribution >= 0.6 is 11.6 Å². The molecule has 0 bridgehead atoms. The molecule has 0 aliphatic carbocycles. The number of halogens is 1. The Morgan fingerprint density at radius 1 is 0.882 bits per heavy atom. The van der Waals surface area contributed by atoms with Gasteiger partial charge in [0.25, 0.3) is 0 Å². The average molecular weight is 470 g/mol. The Morgan fingerprint density at radius 3 is 2.32 bits per heavy atom. The summed E-state index contributed by atoms with van der Waals surface area (Å²) in [6, 6.07) is 24.0. The van der Waals surface area contributed by atoms with Gasteiger partial charge in [0.15, 0.2) is 5.78 Å². The summed E-state index contributed by atoms with van der Waals surface area (Å²) < 4.78 is 0. The quantitative estimate of drug-likeness (QED) is 0.292. The molecular formula is C29H24ClNO3. The summed E-state index contributed by atoms with van der Waals surface area (Å²) in [4.78, 5) is 29.5. The fourth-order valence-electron chi connectivity index (χ4n) is 4.30. The van der Waals surface area contributed by atoms with Crippen molar-refractivity contribution >= 4 is 23.4 Å². The van der Waals surface area contributed by atoms with Crippen molar-refractivity contribution < 1.29 is 14.7 Å². The lowest BCUT2D eigenvalue weighted by atomic mass is 9.80. The highest BCUT2D eigenvalue weighted by Gasteiger charge is 2.25. The third kappa shape index (κ3) is 5.08. The Balaban J connectivity index is 1.91. The second-order valence-electron chi connectivity index (χ2n) is 8.34. The fourth-order valence-corrected chi connectivity index (χ4v) is 4.53. The number of carbonyl (C=O) groups excluding carboxylic acids is 1. The molecule has 170 valence electrons. The van der Waals surface area contributed by atoms with Crippen LogP contribution in [0.15, 0.2) is 85.1 Å². The minimum Gasteiger partial charge on any atom is -0.478 e. The lowest BCUT2D eigenvalue weighted by Gasteiger charge is -2.23. The number of carbonyl (C=O) groups is 2. The van der Waals surface area contributed by atoms with Crippen molar-refractivity contribution in [2.75, 3.05) is 0 Å². The van der Waals surface area contributed by atoms with Gasteiger partial charge in [0, 0.05) is 34.8 Å². The number of aromatic nitrogens is 1. The van der Waals surface area contributed by atoms with E-state index < -0.39 is 5.97 Å². The summed E-state index contributed by atoms with van der Waals surface area (Å²) in [5, 5.41) is 10.3. The number of aryl methyl sites for hydroxylation is 2. The van der Waals surface area contributed by atoms with Crippen LogP contribution < -0.4 is 0 Å². The van der Waals surface area contributed by atoms with E-state index >= 15 is 0 Å². The zero-order valence-corrected chi connectivity index (χ0v) is 19.7. The van der Waals surface area contributed by atoms with Gasteiger partial charge in [-0.2, -0.15) is 0 Å². The predicted octanol–water partition coefficient (Wildman–Crippen LogP) is 7.12. The van der Waals surface area contributed by atoms with Gasteiger partial charge in [-0.05, 0) is 78.1 Å². The number of rotatable bonds is 7. The van der Waals surface area contributed by atoms with E-state index in [9.17, 15) is 14.7 Å². The summed E-state index contributed by atoms with van der Waals surface area (Å²) >= 11 is 6.23. The lowest BCUT2D eigenvalue weighted by molar-refractivity contribution is 0.0696. The maximum atomic E-state index is 13.4. The molecule has 0 spiro atoms. The summed E-state index contributed by atoms with van der Waals surface area (Å²) in [6.45, 7) is 3.81. The molecule has 1 N–H and O–H groups in total. The zero-order chi connectivity index (χ0) is 24.2. The molecule has 1 unspecified atom stereocenters. The van der Waals surface area contributed by atoms with E-state index in [-0.39, 0.29) is 23.7 Å². The minimum absolute atomic E-state index is 0.0374. The number of carboxylic acids is 1. The van der Waals surface area contributed by atoms with E-state index in [0.717, 1.165) is 33.5 Å². The molecule has 0 saturated carbocycles. The SMILES string of the molecule is Cc1cc(C(=O)CC(c2ccc(Cl)cc2C)c2cc(C(=O)O)ccc2-c2ccccc2)ccn1. The molecule has 1 aromatic heterocycles. The Kier molecular flexibility index (Phi) is 6.90. The van der Waals surface area contributed by atoms with Gasteiger partial charge in [0.1, 0.15) is 0 Å². The van der Waals surface area contributed by atoms with E-state index in [2.05, 4.69) is 4.98 Å². The van der Waals surface area contributed by atoms with Gasteiger partial charge in [0.2, 0.25) is 0 Å². The van der Waals surface area contributed by atoms with Crippen LogP contribution in [-0.2, 0) is 0 Å². The molecule has 0 saturated heterocycles. The highest BCUT2D eigenvalue weighted by atomic mass is 35.5. The molecule has 34 heavy (non-hydrogen) atoms. The summed E-state index contributed by atoms with van der Waals surface area (Å²) in [5.41, 5.74) is 6.04. The third-order valence-electron chi connectivity index (χ3n) is 5.97. The fraction of sp³-hybridized carbons (Fsp3) is 0.138. The third-order valence-corrected chi connectivity index (χ3v) is 6.21. The highest BCUT2D eigenvalue weighted by molar-refractivity contribution is 6.30. The van der Waals surface area contributed by atoms with Crippen molar-refractivity contribution in [3.63, 3.8) is 0 Å². The van der Waals surface area contributed by atoms with Crippen molar-refractivity contribution in [3.05, 3.63) is 124 Å². The van der Waals surface area contributed by atoms with Gasteiger partial charge < -0.3 is 5.11 Å². The predicted molar refractivity (Wildman–Crippen MR) is 135 cm³/mol. The molecule has 0 radical (unpaired) electrons. The van der Waals surface area contributed by atoms with Gasteiger partial charge >= 0.3 is 5.97 Å². The van der Waals surface area contributed by atoms with Crippen LogP contribution in [0.1, 0.15) is 55.4 Å². The molecule has 1 heterocycles. The minimum atomic E-state index is -1.01. The number of hydrogen-bond acceptors (Lipinski definition) is 3. The van der Waals surface area contributed by atoms with E-state index in [4.69, 9.17) is 11.6 Å². The smallest absolute Gasteiger partial charge is 0.335 e. The van der Waals surface area contributed by atoms with Crippen molar-refractivity contribution in [1.82, 2.24) is 4.98 Å². The van der Waals surface area contributed by atoms with Gasteiger partial charge in [-0.15, -0.1) is 0 Å². The zero-order valence-electron chi connectivity index (χ0n) is 19.0.